The number of methoxy groups -OCH3 is 2. The second-order valence-electron chi connectivity index (χ2n) is 6.77. The number of rotatable bonds is 6. The Balaban J connectivity index is 2.19. The van der Waals surface area contributed by atoms with Gasteiger partial charge in [0.2, 0.25) is 0 Å². The Morgan fingerprint density at radius 3 is 2.33 bits per heavy atom. The molecule has 1 unspecified atom stereocenters. The fourth-order valence-corrected chi connectivity index (χ4v) is 3.80. The number of aliphatic hydroxyl groups is 1. The number of likely N-dealkylation sites (tertiary alicyclic amines) is 1. The molecule has 8 heteroatoms. The molecular weight excluding hydrogens is 410 g/mol. The van der Waals surface area contributed by atoms with E-state index < -0.39 is 17.7 Å². The van der Waals surface area contributed by atoms with Gasteiger partial charge >= 0.3 is 0 Å². The molecule has 7 nitrogen and oxygen atoms in total. The molecule has 1 heterocycles. The maximum atomic E-state index is 12.9. The molecule has 158 valence electrons. The maximum absolute atomic E-state index is 12.9. The van der Waals surface area contributed by atoms with E-state index in [1.165, 1.54) is 31.3 Å². The number of carbonyl (C=O) groups excluding carboxylic acids is 2. The summed E-state index contributed by atoms with van der Waals surface area (Å²) in [6, 6.07) is 8.33. The molecule has 1 atom stereocenters. The highest BCUT2D eigenvalue weighted by molar-refractivity contribution is 6.46. The number of halogens is 1. The van der Waals surface area contributed by atoms with Crippen LogP contribution in [0.3, 0.4) is 0 Å². The molecule has 2 aromatic rings. The van der Waals surface area contributed by atoms with Gasteiger partial charge in [0, 0.05) is 12.1 Å². The van der Waals surface area contributed by atoms with E-state index in [1.54, 1.807) is 24.3 Å². The van der Waals surface area contributed by atoms with Crippen molar-refractivity contribution >= 4 is 29.1 Å². The fourth-order valence-electron chi connectivity index (χ4n) is 3.54. The second-order valence-corrected chi connectivity index (χ2v) is 7.18. The first-order chi connectivity index (χ1) is 14.3. The van der Waals surface area contributed by atoms with Gasteiger partial charge in [0.05, 0.1) is 30.9 Å². The van der Waals surface area contributed by atoms with Crippen molar-refractivity contribution in [1.29, 1.82) is 0 Å². The monoisotopic (exact) mass is 431 g/mol. The molecule has 1 fully saturated rings. The molecule has 0 spiro atoms. The number of benzene rings is 2. The summed E-state index contributed by atoms with van der Waals surface area (Å²) in [6.45, 7) is 2.19. The van der Waals surface area contributed by atoms with Crippen LogP contribution in [0.25, 0.3) is 5.76 Å². The first kappa shape index (κ1) is 21.5. The molecule has 0 bridgehead atoms. The summed E-state index contributed by atoms with van der Waals surface area (Å²) in [5, 5.41) is 21.4. The average molecular weight is 432 g/mol. The predicted octanol–water partition coefficient (Wildman–Crippen LogP) is 3.89. The van der Waals surface area contributed by atoms with E-state index in [9.17, 15) is 19.8 Å². The van der Waals surface area contributed by atoms with Gasteiger partial charge in [0.25, 0.3) is 11.7 Å². The fraction of sp³-hybridized carbons (Fsp3) is 0.273. The predicted molar refractivity (Wildman–Crippen MR) is 112 cm³/mol. The highest BCUT2D eigenvalue weighted by Crippen LogP contribution is 2.42. The Labute approximate surface area is 179 Å². The normalized spacial score (nSPS) is 18.0. The molecule has 1 aliphatic heterocycles. The summed E-state index contributed by atoms with van der Waals surface area (Å²) in [4.78, 5) is 26.9. The minimum absolute atomic E-state index is 0.0701. The standard InChI is InChI=1S/C22H22ClNO6/c1-4-9-24-19(12-5-8-17(30-3)15(25)11-12)18(21(27)22(24)28)20(26)13-6-7-16(29-2)14(23)10-13/h5-8,10-11,19,25-26H,4,9H2,1-3H3/b20-18-. The van der Waals surface area contributed by atoms with E-state index >= 15 is 0 Å². The van der Waals surface area contributed by atoms with Crippen molar-refractivity contribution < 1.29 is 29.3 Å². The van der Waals surface area contributed by atoms with Crippen molar-refractivity contribution in [2.24, 2.45) is 0 Å². The summed E-state index contributed by atoms with van der Waals surface area (Å²) >= 11 is 6.16. The Kier molecular flexibility index (Phi) is 6.22. The second kappa shape index (κ2) is 8.67. The van der Waals surface area contributed by atoms with E-state index in [2.05, 4.69) is 0 Å². The van der Waals surface area contributed by atoms with Crippen LogP contribution in [0, 0.1) is 0 Å². The highest BCUT2D eigenvalue weighted by atomic mass is 35.5. The summed E-state index contributed by atoms with van der Waals surface area (Å²) < 4.78 is 10.2. The summed E-state index contributed by atoms with van der Waals surface area (Å²) in [6.07, 6.45) is 0.611. The number of aliphatic hydroxyl groups excluding tert-OH is 1. The van der Waals surface area contributed by atoms with Crippen molar-refractivity contribution in [3.05, 3.63) is 58.1 Å². The molecule has 2 N–H and O–H groups in total. The van der Waals surface area contributed by atoms with Gasteiger partial charge < -0.3 is 24.6 Å². The van der Waals surface area contributed by atoms with Crippen molar-refractivity contribution in [2.45, 2.75) is 19.4 Å². The molecule has 1 aliphatic rings. The molecule has 2 aromatic carbocycles. The topological polar surface area (TPSA) is 96.3 Å². The number of amides is 1. The van der Waals surface area contributed by atoms with E-state index in [-0.39, 0.29) is 33.4 Å². The van der Waals surface area contributed by atoms with Gasteiger partial charge in [-0.2, -0.15) is 0 Å². The molecular formula is C22H22ClNO6. The summed E-state index contributed by atoms with van der Waals surface area (Å²) in [7, 11) is 2.89. The lowest BCUT2D eigenvalue weighted by Crippen LogP contribution is -2.30. The number of phenolic OH excluding ortho intramolecular Hbond substituents is 1. The lowest BCUT2D eigenvalue weighted by Gasteiger charge is -2.25. The van der Waals surface area contributed by atoms with Crippen LogP contribution < -0.4 is 9.47 Å². The van der Waals surface area contributed by atoms with Gasteiger partial charge in [0.15, 0.2) is 11.5 Å². The van der Waals surface area contributed by atoms with E-state index in [0.29, 0.717) is 24.3 Å². The molecule has 1 amide bonds. The first-order valence-electron chi connectivity index (χ1n) is 9.33. The minimum Gasteiger partial charge on any atom is -0.507 e. The molecule has 0 aromatic heterocycles. The smallest absolute Gasteiger partial charge is 0.295 e. The van der Waals surface area contributed by atoms with Gasteiger partial charge in [-0.3, -0.25) is 9.59 Å². The van der Waals surface area contributed by atoms with Crippen molar-refractivity contribution in [3.63, 3.8) is 0 Å². The van der Waals surface area contributed by atoms with E-state index in [4.69, 9.17) is 21.1 Å². The number of hydrogen-bond acceptors (Lipinski definition) is 6. The number of ether oxygens (including phenoxy) is 2. The number of Topliss-reactive ketones (excluding diaryl/α,β-unsaturated/α-hetero) is 1. The van der Waals surface area contributed by atoms with Crippen LogP contribution in [0.4, 0.5) is 0 Å². The largest absolute Gasteiger partial charge is 0.507 e. The van der Waals surface area contributed by atoms with Gasteiger partial charge in [-0.05, 0) is 42.3 Å². The number of nitrogens with zero attached hydrogens (tertiary/aromatic N) is 1. The Morgan fingerprint density at radius 1 is 1.10 bits per heavy atom. The van der Waals surface area contributed by atoms with E-state index in [1.807, 2.05) is 6.92 Å². The van der Waals surface area contributed by atoms with Crippen LogP contribution in [0.15, 0.2) is 42.0 Å². The number of phenols is 1. The van der Waals surface area contributed by atoms with Crippen LogP contribution in [0.5, 0.6) is 17.2 Å². The number of hydrogen-bond donors (Lipinski definition) is 2. The number of aromatic hydroxyl groups is 1. The SMILES string of the molecule is CCCN1C(=O)C(=O)/C(=C(\O)c2ccc(OC)c(Cl)c2)C1c1ccc(OC)c(O)c1. The number of carbonyl (C=O) groups is 2. The van der Waals surface area contributed by atoms with Gasteiger partial charge in [-0.1, -0.05) is 24.6 Å². The van der Waals surface area contributed by atoms with Gasteiger partial charge in [0.1, 0.15) is 11.5 Å². The third kappa shape index (κ3) is 3.68. The van der Waals surface area contributed by atoms with Crippen LogP contribution in [0.2, 0.25) is 5.02 Å². The van der Waals surface area contributed by atoms with Crippen LogP contribution in [-0.2, 0) is 9.59 Å². The summed E-state index contributed by atoms with van der Waals surface area (Å²) in [5.41, 5.74) is 0.680. The zero-order valence-corrected chi connectivity index (χ0v) is 17.6. The number of ketones is 1. The van der Waals surface area contributed by atoms with Crippen LogP contribution >= 0.6 is 11.6 Å². The lowest BCUT2D eigenvalue weighted by molar-refractivity contribution is -0.139. The summed E-state index contributed by atoms with van der Waals surface area (Å²) in [5.74, 6) is -1.32. The van der Waals surface area contributed by atoms with Crippen molar-refractivity contribution in [2.75, 3.05) is 20.8 Å². The molecule has 3 rings (SSSR count). The quantitative estimate of drug-likeness (QED) is 0.409. The van der Waals surface area contributed by atoms with Crippen molar-refractivity contribution in [3.8, 4) is 17.2 Å². The van der Waals surface area contributed by atoms with Gasteiger partial charge in [-0.15, -0.1) is 0 Å². The van der Waals surface area contributed by atoms with Crippen LogP contribution in [0.1, 0.15) is 30.5 Å². The molecule has 0 saturated carbocycles. The molecule has 30 heavy (non-hydrogen) atoms. The minimum atomic E-state index is -0.859. The molecule has 1 saturated heterocycles. The van der Waals surface area contributed by atoms with Gasteiger partial charge in [-0.25, -0.2) is 0 Å². The zero-order valence-electron chi connectivity index (χ0n) is 16.8. The zero-order chi connectivity index (χ0) is 22.0. The molecule has 0 radical (unpaired) electrons. The Bertz CT molecular complexity index is 1030. The van der Waals surface area contributed by atoms with Crippen LogP contribution in [-0.4, -0.2) is 47.6 Å². The maximum Gasteiger partial charge on any atom is 0.295 e. The highest BCUT2D eigenvalue weighted by Gasteiger charge is 2.45. The lowest BCUT2D eigenvalue weighted by atomic mass is 9.95. The van der Waals surface area contributed by atoms with E-state index in [0.717, 1.165) is 0 Å². The van der Waals surface area contributed by atoms with Crippen molar-refractivity contribution in [1.82, 2.24) is 4.90 Å². The Hall–Kier alpha value is -3.19. The Morgan fingerprint density at radius 2 is 1.77 bits per heavy atom. The third-order valence-corrected chi connectivity index (χ3v) is 5.24. The average Bonchev–Trinajstić information content (AvgIpc) is 2.98. The third-order valence-electron chi connectivity index (χ3n) is 4.95. The molecule has 0 aliphatic carbocycles. The first-order valence-corrected chi connectivity index (χ1v) is 9.71.